The number of para-hydroxylation sites is 1. The Morgan fingerprint density at radius 3 is 2.97 bits per heavy atom. The molecular formula is C21H23N3O4S. The standard InChI is InChI=1S/C21H23N3O4S/c1-14(19(25)22-12-15-6-4-10-27-15)29-21-23-18-9-3-2-8-17(18)20(26)24(21)13-16-7-5-11-28-16/h2-4,6,8-10,14,16H,5,7,11-13H2,1H3,(H,22,25)/t14-,16+/m1/s1. The van der Waals surface area contributed by atoms with Crippen LogP contribution in [0.5, 0.6) is 0 Å². The van der Waals surface area contributed by atoms with Crippen LogP contribution in [0.4, 0.5) is 0 Å². The molecule has 29 heavy (non-hydrogen) atoms. The number of benzene rings is 1. The number of rotatable bonds is 7. The zero-order valence-electron chi connectivity index (χ0n) is 16.2. The zero-order chi connectivity index (χ0) is 20.2. The summed E-state index contributed by atoms with van der Waals surface area (Å²) in [6.07, 6.45) is 3.48. The second kappa shape index (κ2) is 8.84. The molecular weight excluding hydrogens is 390 g/mol. The van der Waals surface area contributed by atoms with Crippen LogP contribution < -0.4 is 10.9 Å². The first-order valence-electron chi connectivity index (χ1n) is 9.70. The predicted octanol–water partition coefficient (Wildman–Crippen LogP) is 2.97. The fourth-order valence-electron chi connectivity index (χ4n) is 3.33. The number of hydrogen-bond acceptors (Lipinski definition) is 6. The van der Waals surface area contributed by atoms with Gasteiger partial charge >= 0.3 is 0 Å². The van der Waals surface area contributed by atoms with Crippen molar-refractivity contribution in [3.63, 3.8) is 0 Å². The van der Waals surface area contributed by atoms with Gasteiger partial charge < -0.3 is 14.5 Å². The number of fused-ring (bicyclic) bond motifs is 1. The second-order valence-electron chi connectivity index (χ2n) is 7.02. The zero-order valence-corrected chi connectivity index (χ0v) is 17.0. The van der Waals surface area contributed by atoms with Gasteiger partial charge in [-0.25, -0.2) is 4.98 Å². The van der Waals surface area contributed by atoms with E-state index in [9.17, 15) is 9.59 Å². The predicted molar refractivity (Wildman–Crippen MR) is 111 cm³/mol. The number of carbonyl (C=O) groups excluding carboxylic acids is 1. The molecule has 1 amide bonds. The summed E-state index contributed by atoms with van der Waals surface area (Å²) in [6.45, 7) is 3.29. The molecule has 0 aliphatic carbocycles. The van der Waals surface area contributed by atoms with E-state index in [0.29, 0.717) is 41.5 Å². The summed E-state index contributed by atoms with van der Waals surface area (Å²) in [5, 5.41) is 3.54. The highest BCUT2D eigenvalue weighted by molar-refractivity contribution is 8.00. The summed E-state index contributed by atoms with van der Waals surface area (Å²) in [5.74, 6) is 0.548. The van der Waals surface area contributed by atoms with Gasteiger partial charge in [-0.15, -0.1) is 0 Å². The molecule has 1 fully saturated rings. The van der Waals surface area contributed by atoms with Gasteiger partial charge in [0.1, 0.15) is 5.76 Å². The molecule has 1 N–H and O–H groups in total. The molecule has 8 heteroatoms. The Morgan fingerprint density at radius 1 is 1.34 bits per heavy atom. The lowest BCUT2D eigenvalue weighted by atomic mass is 10.2. The van der Waals surface area contributed by atoms with Crippen molar-refractivity contribution in [1.82, 2.24) is 14.9 Å². The molecule has 2 aromatic heterocycles. The molecule has 2 atom stereocenters. The molecule has 3 aromatic rings. The number of amides is 1. The van der Waals surface area contributed by atoms with Gasteiger partial charge in [-0.1, -0.05) is 23.9 Å². The monoisotopic (exact) mass is 413 g/mol. The third-order valence-electron chi connectivity index (χ3n) is 4.91. The van der Waals surface area contributed by atoms with Gasteiger partial charge in [0.05, 0.1) is 41.6 Å². The number of hydrogen-bond donors (Lipinski definition) is 1. The SMILES string of the molecule is C[C@@H](Sc1nc2ccccc2c(=O)n1C[C@@H]1CCCO1)C(=O)NCc1ccco1. The van der Waals surface area contributed by atoms with Crippen molar-refractivity contribution in [3.8, 4) is 0 Å². The number of ether oxygens (including phenoxy) is 1. The van der Waals surface area contributed by atoms with E-state index >= 15 is 0 Å². The highest BCUT2D eigenvalue weighted by Gasteiger charge is 2.23. The van der Waals surface area contributed by atoms with Crippen molar-refractivity contribution >= 4 is 28.6 Å². The average Bonchev–Trinajstić information content (AvgIpc) is 3.43. The number of thioether (sulfide) groups is 1. The minimum absolute atomic E-state index is 0.00176. The Morgan fingerprint density at radius 2 is 2.21 bits per heavy atom. The highest BCUT2D eigenvalue weighted by Crippen LogP contribution is 2.24. The van der Waals surface area contributed by atoms with Crippen LogP contribution >= 0.6 is 11.8 Å². The summed E-state index contributed by atoms with van der Waals surface area (Å²) in [5.41, 5.74) is 0.531. The van der Waals surface area contributed by atoms with Crippen LogP contribution in [-0.2, 0) is 22.6 Å². The van der Waals surface area contributed by atoms with Gasteiger partial charge in [-0.05, 0) is 44.0 Å². The molecule has 4 rings (SSSR count). The van der Waals surface area contributed by atoms with E-state index in [2.05, 4.69) is 10.3 Å². The fraction of sp³-hybridized carbons (Fsp3) is 0.381. The lowest BCUT2D eigenvalue weighted by molar-refractivity contribution is -0.120. The number of carbonyl (C=O) groups is 1. The van der Waals surface area contributed by atoms with Crippen molar-refractivity contribution in [2.75, 3.05) is 6.61 Å². The highest BCUT2D eigenvalue weighted by atomic mass is 32.2. The van der Waals surface area contributed by atoms with Gasteiger partial charge in [0, 0.05) is 6.61 Å². The Bertz CT molecular complexity index is 1040. The Hall–Kier alpha value is -2.58. The molecule has 0 spiro atoms. The van der Waals surface area contributed by atoms with Crippen LogP contribution in [0.2, 0.25) is 0 Å². The molecule has 0 radical (unpaired) electrons. The molecule has 152 valence electrons. The first-order chi connectivity index (χ1) is 14.1. The molecule has 1 aliphatic heterocycles. The van der Waals surface area contributed by atoms with Crippen LogP contribution in [0.3, 0.4) is 0 Å². The number of aromatic nitrogens is 2. The van der Waals surface area contributed by atoms with Gasteiger partial charge in [0.25, 0.3) is 5.56 Å². The maximum atomic E-state index is 13.1. The van der Waals surface area contributed by atoms with E-state index in [-0.39, 0.29) is 17.6 Å². The first-order valence-corrected chi connectivity index (χ1v) is 10.6. The summed E-state index contributed by atoms with van der Waals surface area (Å²) < 4.78 is 12.6. The van der Waals surface area contributed by atoms with E-state index in [1.54, 1.807) is 29.9 Å². The molecule has 7 nitrogen and oxygen atoms in total. The molecule has 1 aliphatic rings. The lowest BCUT2D eigenvalue weighted by Gasteiger charge is -2.18. The Labute approximate surface area is 172 Å². The van der Waals surface area contributed by atoms with Crippen molar-refractivity contribution in [2.45, 2.75) is 49.4 Å². The smallest absolute Gasteiger partial charge is 0.262 e. The molecule has 3 heterocycles. The van der Waals surface area contributed by atoms with Crippen molar-refractivity contribution in [1.29, 1.82) is 0 Å². The number of nitrogens with zero attached hydrogens (tertiary/aromatic N) is 2. The van der Waals surface area contributed by atoms with Crippen molar-refractivity contribution in [3.05, 3.63) is 58.8 Å². The first kappa shape index (κ1) is 19.7. The maximum Gasteiger partial charge on any atom is 0.262 e. The van der Waals surface area contributed by atoms with E-state index in [4.69, 9.17) is 9.15 Å². The van der Waals surface area contributed by atoms with Crippen molar-refractivity contribution < 1.29 is 13.9 Å². The van der Waals surface area contributed by atoms with E-state index < -0.39 is 5.25 Å². The average molecular weight is 413 g/mol. The lowest BCUT2D eigenvalue weighted by Crippen LogP contribution is -2.32. The third-order valence-corrected chi connectivity index (χ3v) is 6.00. The quantitative estimate of drug-likeness (QED) is 0.473. The van der Waals surface area contributed by atoms with Crippen LogP contribution in [0, 0.1) is 0 Å². The fourth-order valence-corrected chi connectivity index (χ4v) is 4.28. The third kappa shape index (κ3) is 4.54. The summed E-state index contributed by atoms with van der Waals surface area (Å²) in [4.78, 5) is 30.3. The van der Waals surface area contributed by atoms with Crippen molar-refractivity contribution in [2.24, 2.45) is 0 Å². The number of furan rings is 1. The normalized spacial score (nSPS) is 17.5. The minimum Gasteiger partial charge on any atom is -0.467 e. The molecule has 0 bridgehead atoms. The molecule has 0 unspecified atom stereocenters. The van der Waals surface area contributed by atoms with Crippen LogP contribution in [0.1, 0.15) is 25.5 Å². The molecule has 0 saturated carbocycles. The van der Waals surface area contributed by atoms with Crippen LogP contribution in [0.25, 0.3) is 10.9 Å². The number of nitrogens with one attached hydrogen (secondary N) is 1. The Kier molecular flexibility index (Phi) is 6.01. The Balaban J connectivity index is 1.57. The largest absolute Gasteiger partial charge is 0.467 e. The van der Waals surface area contributed by atoms with E-state index in [0.717, 1.165) is 12.8 Å². The van der Waals surface area contributed by atoms with E-state index in [1.165, 1.54) is 11.8 Å². The van der Waals surface area contributed by atoms with Crippen LogP contribution in [0.15, 0.2) is 57.0 Å². The molecule has 1 aromatic carbocycles. The van der Waals surface area contributed by atoms with Gasteiger partial charge in [-0.3, -0.25) is 14.2 Å². The minimum atomic E-state index is -0.422. The second-order valence-corrected chi connectivity index (χ2v) is 8.33. The van der Waals surface area contributed by atoms with Gasteiger partial charge in [0.2, 0.25) is 5.91 Å². The topological polar surface area (TPSA) is 86.4 Å². The van der Waals surface area contributed by atoms with Gasteiger partial charge in [0.15, 0.2) is 5.16 Å². The van der Waals surface area contributed by atoms with Crippen LogP contribution in [-0.4, -0.2) is 33.4 Å². The summed E-state index contributed by atoms with van der Waals surface area (Å²) >= 11 is 1.28. The van der Waals surface area contributed by atoms with E-state index in [1.807, 2.05) is 24.3 Å². The molecule has 1 saturated heterocycles. The summed E-state index contributed by atoms with van der Waals surface area (Å²) in [6, 6.07) is 10.9. The van der Waals surface area contributed by atoms with Gasteiger partial charge in [-0.2, -0.15) is 0 Å². The summed E-state index contributed by atoms with van der Waals surface area (Å²) in [7, 11) is 0. The maximum absolute atomic E-state index is 13.1.